The van der Waals surface area contributed by atoms with E-state index < -0.39 is 23.3 Å². The normalized spacial score (nSPS) is 21.4. The molecule has 0 aromatic heterocycles. The SMILES string of the molecule is CN1C(=O)N(c2ccc(C(F)(F)F)cc2)C(=O)C12CCNCC2. The van der Waals surface area contributed by atoms with E-state index in [0.717, 1.165) is 29.2 Å². The van der Waals surface area contributed by atoms with Crippen molar-refractivity contribution in [3.8, 4) is 0 Å². The summed E-state index contributed by atoms with van der Waals surface area (Å²) in [5, 5.41) is 3.14. The third kappa shape index (κ3) is 2.37. The molecule has 3 rings (SSSR count). The number of urea groups is 1. The van der Waals surface area contributed by atoms with Gasteiger partial charge in [0.15, 0.2) is 0 Å². The van der Waals surface area contributed by atoms with Crippen molar-refractivity contribution < 1.29 is 22.8 Å². The first-order valence-corrected chi connectivity index (χ1v) is 7.28. The van der Waals surface area contributed by atoms with Gasteiger partial charge in [-0.15, -0.1) is 0 Å². The van der Waals surface area contributed by atoms with Gasteiger partial charge in [0.1, 0.15) is 5.54 Å². The molecule has 23 heavy (non-hydrogen) atoms. The summed E-state index contributed by atoms with van der Waals surface area (Å²) in [6, 6.07) is 3.57. The second kappa shape index (κ2) is 5.23. The molecule has 2 aliphatic heterocycles. The van der Waals surface area contributed by atoms with Crippen LogP contribution in [0.2, 0.25) is 0 Å². The average molecular weight is 327 g/mol. The summed E-state index contributed by atoms with van der Waals surface area (Å²) in [5.41, 5.74) is -1.55. The first kappa shape index (κ1) is 15.8. The third-order valence-electron chi connectivity index (χ3n) is 4.60. The molecule has 1 spiro atoms. The van der Waals surface area contributed by atoms with Crippen LogP contribution in [0.15, 0.2) is 24.3 Å². The van der Waals surface area contributed by atoms with E-state index in [0.29, 0.717) is 25.9 Å². The molecule has 1 aromatic carbocycles. The van der Waals surface area contributed by atoms with Crippen LogP contribution in [0.3, 0.4) is 0 Å². The summed E-state index contributed by atoms with van der Waals surface area (Å²) in [6.45, 7) is 1.23. The van der Waals surface area contributed by atoms with Gasteiger partial charge in [0.2, 0.25) is 0 Å². The number of halogens is 3. The summed E-state index contributed by atoms with van der Waals surface area (Å²) in [6.07, 6.45) is -3.47. The van der Waals surface area contributed by atoms with Crippen LogP contribution in [0.5, 0.6) is 0 Å². The number of benzene rings is 1. The number of hydrogen-bond acceptors (Lipinski definition) is 3. The van der Waals surface area contributed by atoms with Crippen LogP contribution in [-0.2, 0) is 11.0 Å². The Morgan fingerprint density at radius 1 is 1.09 bits per heavy atom. The highest BCUT2D eigenvalue weighted by atomic mass is 19.4. The number of carbonyl (C=O) groups is 2. The van der Waals surface area contributed by atoms with Gasteiger partial charge in [-0.3, -0.25) is 4.79 Å². The van der Waals surface area contributed by atoms with Crippen LogP contribution in [0.25, 0.3) is 0 Å². The Morgan fingerprint density at radius 3 is 2.17 bits per heavy atom. The number of piperidine rings is 1. The topological polar surface area (TPSA) is 52.7 Å². The third-order valence-corrected chi connectivity index (χ3v) is 4.60. The summed E-state index contributed by atoms with van der Waals surface area (Å²) in [5.74, 6) is -0.369. The van der Waals surface area contributed by atoms with Crippen molar-refractivity contribution in [2.75, 3.05) is 25.0 Å². The number of amides is 3. The van der Waals surface area contributed by atoms with Crippen molar-refractivity contribution in [2.24, 2.45) is 0 Å². The molecule has 5 nitrogen and oxygen atoms in total. The second-order valence-electron chi connectivity index (χ2n) is 5.81. The Labute approximate surface area is 131 Å². The zero-order chi connectivity index (χ0) is 16.8. The molecule has 2 saturated heterocycles. The van der Waals surface area contributed by atoms with Crippen molar-refractivity contribution in [1.82, 2.24) is 10.2 Å². The monoisotopic (exact) mass is 327 g/mol. The maximum absolute atomic E-state index is 12.8. The van der Waals surface area contributed by atoms with Gasteiger partial charge in [-0.05, 0) is 50.2 Å². The first-order valence-electron chi connectivity index (χ1n) is 7.28. The Balaban J connectivity index is 1.94. The lowest BCUT2D eigenvalue weighted by molar-refractivity contribution is -0.137. The molecule has 1 N–H and O–H groups in total. The van der Waals surface area contributed by atoms with Gasteiger partial charge < -0.3 is 10.2 Å². The fraction of sp³-hybridized carbons (Fsp3) is 0.467. The molecule has 0 unspecified atom stereocenters. The zero-order valence-electron chi connectivity index (χ0n) is 12.5. The molecule has 0 radical (unpaired) electrons. The molecule has 124 valence electrons. The summed E-state index contributed by atoms with van der Waals surface area (Å²) < 4.78 is 37.9. The maximum Gasteiger partial charge on any atom is 0.416 e. The van der Waals surface area contributed by atoms with Gasteiger partial charge in [0.05, 0.1) is 11.3 Å². The van der Waals surface area contributed by atoms with Crippen LogP contribution in [0.1, 0.15) is 18.4 Å². The molecule has 0 bridgehead atoms. The number of likely N-dealkylation sites (N-methyl/N-ethyl adjacent to an activating group) is 1. The van der Waals surface area contributed by atoms with E-state index in [1.165, 1.54) is 4.90 Å². The molecule has 0 aliphatic carbocycles. The predicted molar refractivity (Wildman–Crippen MR) is 76.9 cm³/mol. The molecule has 8 heteroatoms. The number of alkyl halides is 3. The van der Waals surface area contributed by atoms with Crippen molar-refractivity contribution in [3.05, 3.63) is 29.8 Å². The van der Waals surface area contributed by atoms with Gasteiger partial charge in [-0.25, -0.2) is 9.69 Å². The van der Waals surface area contributed by atoms with Crippen LogP contribution in [0.4, 0.5) is 23.7 Å². The van der Waals surface area contributed by atoms with Crippen molar-refractivity contribution in [1.29, 1.82) is 0 Å². The minimum Gasteiger partial charge on any atom is -0.317 e. The van der Waals surface area contributed by atoms with Crippen LogP contribution in [-0.4, -0.2) is 42.5 Å². The lowest BCUT2D eigenvalue weighted by Crippen LogP contribution is -2.54. The fourth-order valence-electron chi connectivity index (χ4n) is 3.19. The van der Waals surface area contributed by atoms with Crippen molar-refractivity contribution in [2.45, 2.75) is 24.6 Å². The van der Waals surface area contributed by atoms with E-state index in [1.807, 2.05) is 0 Å². The summed E-state index contributed by atoms with van der Waals surface area (Å²) >= 11 is 0. The lowest BCUT2D eigenvalue weighted by Gasteiger charge is -2.36. The number of rotatable bonds is 1. The number of nitrogens with one attached hydrogen (secondary N) is 1. The van der Waals surface area contributed by atoms with Crippen molar-refractivity contribution >= 4 is 17.6 Å². The molecule has 2 aliphatic rings. The fourth-order valence-corrected chi connectivity index (χ4v) is 3.19. The number of imide groups is 1. The van der Waals surface area contributed by atoms with E-state index in [4.69, 9.17) is 0 Å². The largest absolute Gasteiger partial charge is 0.416 e. The minimum atomic E-state index is -4.45. The van der Waals surface area contributed by atoms with Crippen LogP contribution < -0.4 is 10.2 Å². The lowest BCUT2D eigenvalue weighted by atomic mass is 9.87. The highest BCUT2D eigenvalue weighted by Crippen LogP contribution is 2.38. The highest BCUT2D eigenvalue weighted by Gasteiger charge is 2.56. The number of anilines is 1. The highest BCUT2D eigenvalue weighted by molar-refractivity contribution is 6.23. The van der Waals surface area contributed by atoms with Crippen molar-refractivity contribution in [3.63, 3.8) is 0 Å². The molecule has 2 heterocycles. The number of hydrogen-bond donors (Lipinski definition) is 1. The zero-order valence-corrected chi connectivity index (χ0v) is 12.5. The molecule has 1 aromatic rings. The molecule has 0 atom stereocenters. The van der Waals surface area contributed by atoms with Gasteiger partial charge in [-0.1, -0.05) is 0 Å². The van der Waals surface area contributed by atoms with Gasteiger partial charge in [0, 0.05) is 7.05 Å². The quantitative estimate of drug-likeness (QED) is 0.805. The van der Waals surface area contributed by atoms with E-state index in [2.05, 4.69) is 5.32 Å². The van der Waals surface area contributed by atoms with E-state index in [-0.39, 0.29) is 11.6 Å². The molecule has 2 fully saturated rings. The Hall–Kier alpha value is -2.09. The van der Waals surface area contributed by atoms with Gasteiger partial charge in [0.25, 0.3) is 5.91 Å². The molecular weight excluding hydrogens is 311 g/mol. The molecule has 3 amide bonds. The predicted octanol–water partition coefficient (Wildman–Crippen LogP) is 2.23. The maximum atomic E-state index is 12.8. The molecular formula is C15H16F3N3O2. The number of carbonyl (C=O) groups excluding carboxylic acids is 2. The minimum absolute atomic E-state index is 0.162. The van der Waals surface area contributed by atoms with Crippen LogP contribution >= 0.6 is 0 Å². The van der Waals surface area contributed by atoms with Crippen LogP contribution in [0, 0.1) is 0 Å². The van der Waals surface area contributed by atoms with Gasteiger partial charge >= 0.3 is 12.2 Å². The van der Waals surface area contributed by atoms with E-state index in [9.17, 15) is 22.8 Å². The number of nitrogens with zero attached hydrogens (tertiary/aromatic N) is 2. The summed E-state index contributed by atoms with van der Waals surface area (Å²) in [7, 11) is 1.57. The first-order chi connectivity index (χ1) is 10.8. The Kier molecular flexibility index (Phi) is 3.59. The van der Waals surface area contributed by atoms with Gasteiger partial charge in [-0.2, -0.15) is 13.2 Å². The van der Waals surface area contributed by atoms with E-state index in [1.54, 1.807) is 7.05 Å². The smallest absolute Gasteiger partial charge is 0.317 e. The Morgan fingerprint density at radius 2 is 1.65 bits per heavy atom. The standard InChI is InChI=1S/C15H16F3N3O2/c1-20-13(23)21(12(22)14(20)6-8-19-9-7-14)11-4-2-10(3-5-11)15(16,17)18/h2-5,19H,6-9H2,1H3. The Bertz CT molecular complexity index is 636. The van der Waals surface area contributed by atoms with E-state index >= 15 is 0 Å². The average Bonchev–Trinajstić information content (AvgIpc) is 2.70. The second-order valence-corrected chi connectivity index (χ2v) is 5.81. The summed E-state index contributed by atoms with van der Waals surface area (Å²) in [4.78, 5) is 27.6. The molecule has 0 saturated carbocycles.